The van der Waals surface area contributed by atoms with E-state index in [4.69, 9.17) is 4.43 Å². The molecule has 0 spiro atoms. The van der Waals surface area contributed by atoms with Crippen molar-refractivity contribution in [2.75, 3.05) is 0 Å². The second-order valence-electron chi connectivity index (χ2n) is 11.6. The highest BCUT2D eigenvalue weighted by atomic mass is 28.4. The third-order valence-corrected chi connectivity index (χ3v) is 11.6. The van der Waals surface area contributed by atoms with Gasteiger partial charge in [0.2, 0.25) is 0 Å². The minimum absolute atomic E-state index is 0.0646. The first-order chi connectivity index (χ1) is 17.7. The Morgan fingerprint density at radius 3 is 1.95 bits per heavy atom. The fraction of sp³-hybridized carbons (Fsp3) is 0.438. The predicted octanol–water partition coefficient (Wildman–Crippen LogP) is 4.54. The topological polar surface area (TPSA) is 83.8 Å². The first kappa shape index (κ1) is 31.6. The van der Waals surface area contributed by atoms with E-state index in [1.54, 1.807) is 26.8 Å². The van der Waals surface area contributed by atoms with Crippen LogP contribution >= 0.6 is 0 Å². The van der Waals surface area contributed by atoms with Gasteiger partial charge in [-0.05, 0) is 62.2 Å². The zero-order chi connectivity index (χ0) is 28.7. The van der Waals surface area contributed by atoms with Crippen molar-refractivity contribution in [3.63, 3.8) is 0 Å². The molecule has 1 fully saturated rings. The van der Waals surface area contributed by atoms with Crippen LogP contribution in [-0.4, -0.2) is 47.9 Å². The lowest BCUT2D eigenvalue weighted by Gasteiger charge is -2.31. The lowest BCUT2D eigenvalue weighted by Crippen LogP contribution is -2.61. The summed E-state index contributed by atoms with van der Waals surface area (Å²) in [5.74, 6) is -0.709. The van der Waals surface area contributed by atoms with Crippen LogP contribution < -0.4 is 10.4 Å². The molecule has 3 atom stereocenters. The Labute approximate surface area is 229 Å². The summed E-state index contributed by atoms with van der Waals surface area (Å²) in [6.07, 6.45) is 2.74. The van der Waals surface area contributed by atoms with E-state index in [0.717, 1.165) is 18.3 Å². The SMILES string of the molecule is C/C(C=O)=C1\CC(C)(C)O[Si]1(c1ccccc1)c1ccccc1.C=C[C@H](C)[C@H](O)[C@H](C)C(=O)CC(C)(C)O. The molecule has 2 aromatic rings. The van der Waals surface area contributed by atoms with Crippen LogP contribution in [0.1, 0.15) is 61.3 Å². The summed E-state index contributed by atoms with van der Waals surface area (Å²) >= 11 is 0. The Kier molecular flexibility index (Phi) is 10.8. The summed E-state index contributed by atoms with van der Waals surface area (Å²) in [5, 5.41) is 22.9. The van der Waals surface area contributed by atoms with Gasteiger partial charge in [0.15, 0.2) is 0 Å². The molecule has 1 heterocycles. The maximum Gasteiger partial charge on any atom is 0.285 e. The zero-order valence-electron chi connectivity index (χ0n) is 23.9. The van der Waals surface area contributed by atoms with E-state index in [0.29, 0.717) is 0 Å². The largest absolute Gasteiger partial charge is 0.399 e. The van der Waals surface area contributed by atoms with Crippen molar-refractivity contribution >= 4 is 30.8 Å². The minimum Gasteiger partial charge on any atom is -0.399 e. The molecule has 0 aliphatic carbocycles. The van der Waals surface area contributed by atoms with Gasteiger partial charge in [0.05, 0.1) is 17.3 Å². The number of aldehydes is 1. The van der Waals surface area contributed by atoms with Crippen LogP contribution in [0.15, 0.2) is 84.1 Å². The van der Waals surface area contributed by atoms with Gasteiger partial charge in [-0.1, -0.05) is 80.6 Å². The van der Waals surface area contributed by atoms with Crippen molar-refractivity contribution in [2.45, 2.75) is 78.6 Å². The molecule has 0 radical (unpaired) electrons. The molecule has 0 amide bonds. The van der Waals surface area contributed by atoms with Crippen LogP contribution in [0.2, 0.25) is 0 Å². The highest BCUT2D eigenvalue weighted by Gasteiger charge is 2.54. The molecule has 3 rings (SSSR count). The molecule has 6 heteroatoms. The van der Waals surface area contributed by atoms with Crippen LogP contribution in [0.5, 0.6) is 0 Å². The summed E-state index contributed by atoms with van der Waals surface area (Å²) in [4.78, 5) is 23.2. The van der Waals surface area contributed by atoms with E-state index in [1.807, 2.05) is 26.0 Å². The van der Waals surface area contributed by atoms with Crippen molar-refractivity contribution in [1.29, 1.82) is 0 Å². The van der Waals surface area contributed by atoms with Crippen LogP contribution in [0.3, 0.4) is 0 Å². The number of rotatable bonds is 9. The third kappa shape index (κ3) is 7.70. The predicted molar refractivity (Wildman–Crippen MR) is 157 cm³/mol. The van der Waals surface area contributed by atoms with Gasteiger partial charge in [0.1, 0.15) is 12.1 Å². The highest BCUT2D eigenvalue weighted by Crippen LogP contribution is 2.40. The maximum atomic E-state index is 11.7. The molecule has 1 aliphatic heterocycles. The number of carbonyl (C=O) groups excluding carboxylic acids is 2. The average molecular weight is 537 g/mol. The number of aliphatic hydroxyl groups excluding tert-OH is 1. The smallest absolute Gasteiger partial charge is 0.285 e. The normalized spacial score (nSPS) is 19.8. The number of carbonyl (C=O) groups is 2. The van der Waals surface area contributed by atoms with E-state index in [1.165, 1.54) is 15.6 Å². The van der Waals surface area contributed by atoms with E-state index in [9.17, 15) is 19.8 Å². The monoisotopic (exact) mass is 536 g/mol. The molecule has 2 N–H and O–H groups in total. The van der Waals surface area contributed by atoms with E-state index in [-0.39, 0.29) is 23.7 Å². The number of aliphatic hydroxyl groups is 2. The molecule has 0 bridgehead atoms. The van der Waals surface area contributed by atoms with Gasteiger partial charge in [-0.3, -0.25) is 9.59 Å². The molecular weight excluding hydrogens is 492 g/mol. The van der Waals surface area contributed by atoms with Crippen molar-refractivity contribution in [3.05, 3.63) is 84.1 Å². The van der Waals surface area contributed by atoms with Gasteiger partial charge in [-0.2, -0.15) is 0 Å². The standard InChI is InChI=1S/C20H22O2Si.C12H22O3/c1-16(15-21)19-14-20(2,3)22-23(19,17-10-6-4-7-11-17)18-12-8-5-9-13-18;1-6-8(2)11(14)9(3)10(13)7-12(4,5)15/h4-13,15H,14H2,1-3H3;6,8-9,11,14-15H,1,7H2,2-5H3/b19-16-;/t;8-,9+,11-/m.0/s1. The number of benzene rings is 2. The van der Waals surface area contributed by atoms with Crippen LogP contribution in [-0.2, 0) is 14.0 Å². The first-order valence-electron chi connectivity index (χ1n) is 13.2. The third-order valence-electron chi connectivity index (χ3n) is 7.01. The van der Waals surface area contributed by atoms with Gasteiger partial charge in [0, 0.05) is 18.3 Å². The second kappa shape index (κ2) is 12.9. The van der Waals surface area contributed by atoms with Crippen molar-refractivity contribution in [3.8, 4) is 0 Å². The van der Waals surface area contributed by atoms with Gasteiger partial charge < -0.3 is 14.6 Å². The Morgan fingerprint density at radius 2 is 1.55 bits per heavy atom. The lowest BCUT2D eigenvalue weighted by molar-refractivity contribution is -0.130. The average Bonchev–Trinajstić information content (AvgIpc) is 3.19. The quantitative estimate of drug-likeness (QED) is 0.213. The van der Waals surface area contributed by atoms with Crippen molar-refractivity contribution in [2.24, 2.45) is 11.8 Å². The summed E-state index contributed by atoms with van der Waals surface area (Å²) in [6.45, 7) is 16.4. The summed E-state index contributed by atoms with van der Waals surface area (Å²) in [6, 6.07) is 20.8. The molecule has 38 heavy (non-hydrogen) atoms. The summed E-state index contributed by atoms with van der Waals surface area (Å²) < 4.78 is 6.77. The first-order valence-corrected chi connectivity index (χ1v) is 15.1. The van der Waals surface area contributed by atoms with Gasteiger partial charge in [-0.15, -0.1) is 6.58 Å². The number of hydrogen-bond acceptors (Lipinski definition) is 5. The van der Waals surface area contributed by atoms with Crippen LogP contribution in [0.25, 0.3) is 0 Å². The fourth-order valence-corrected chi connectivity index (χ4v) is 9.80. The van der Waals surface area contributed by atoms with Gasteiger partial charge >= 0.3 is 0 Å². The molecule has 206 valence electrons. The Hall–Kier alpha value is -2.64. The molecule has 0 unspecified atom stereocenters. The Bertz CT molecular complexity index is 1080. The number of ketones is 1. The number of allylic oxidation sites excluding steroid dienone is 1. The zero-order valence-corrected chi connectivity index (χ0v) is 24.9. The second-order valence-corrected chi connectivity index (χ2v) is 14.9. The van der Waals surface area contributed by atoms with Crippen LogP contribution in [0.4, 0.5) is 0 Å². The maximum absolute atomic E-state index is 11.7. The number of hydrogen-bond donors (Lipinski definition) is 2. The van der Waals surface area contributed by atoms with E-state index in [2.05, 4.69) is 69.0 Å². The summed E-state index contributed by atoms with van der Waals surface area (Å²) in [5.41, 5.74) is -0.463. The molecular formula is C32H44O5Si. The molecule has 1 saturated heterocycles. The van der Waals surface area contributed by atoms with Crippen molar-refractivity contribution in [1.82, 2.24) is 0 Å². The molecule has 5 nitrogen and oxygen atoms in total. The Morgan fingerprint density at radius 1 is 1.08 bits per heavy atom. The van der Waals surface area contributed by atoms with Crippen LogP contribution in [0, 0.1) is 11.8 Å². The molecule has 2 aromatic carbocycles. The highest BCUT2D eigenvalue weighted by molar-refractivity contribution is 7.03. The minimum atomic E-state index is -2.59. The lowest BCUT2D eigenvalue weighted by atomic mass is 9.86. The molecule has 1 aliphatic rings. The number of Topliss-reactive ketones (excluding diaryl/α,β-unsaturated/α-hetero) is 1. The van der Waals surface area contributed by atoms with Crippen molar-refractivity contribution < 1.29 is 24.2 Å². The van der Waals surface area contributed by atoms with E-state index >= 15 is 0 Å². The summed E-state index contributed by atoms with van der Waals surface area (Å²) in [7, 11) is -2.59. The van der Waals surface area contributed by atoms with E-state index < -0.39 is 25.9 Å². The molecule has 0 aromatic heterocycles. The molecule has 0 saturated carbocycles. The van der Waals surface area contributed by atoms with Gasteiger partial charge in [0.25, 0.3) is 8.32 Å². The Balaban J connectivity index is 0.000000296. The fourth-order valence-electron chi connectivity index (χ4n) is 4.90. The van der Waals surface area contributed by atoms with Gasteiger partial charge in [-0.25, -0.2) is 0 Å².